The number of nitrogens with one attached hydrogen (secondary N) is 1. The molecule has 0 aliphatic carbocycles. The van der Waals surface area contributed by atoms with Gasteiger partial charge in [-0.15, -0.1) is 0 Å². The summed E-state index contributed by atoms with van der Waals surface area (Å²) < 4.78 is 0. The predicted octanol–water partition coefficient (Wildman–Crippen LogP) is 1.61. The summed E-state index contributed by atoms with van der Waals surface area (Å²) in [5.41, 5.74) is 5.57. The second-order valence-corrected chi connectivity index (χ2v) is 5.56. The van der Waals surface area contributed by atoms with Crippen LogP contribution < -0.4 is 11.1 Å². The summed E-state index contributed by atoms with van der Waals surface area (Å²) in [6.07, 6.45) is 2.59. The van der Waals surface area contributed by atoms with E-state index in [9.17, 15) is 9.59 Å². The second-order valence-electron chi connectivity index (χ2n) is 5.56. The Labute approximate surface area is 115 Å². The fraction of sp³-hybridized carbons (Fsp3) is 0.857. The van der Waals surface area contributed by atoms with Crippen LogP contribution in [-0.2, 0) is 9.59 Å². The lowest BCUT2D eigenvalue weighted by molar-refractivity contribution is -0.138. The lowest BCUT2D eigenvalue weighted by atomic mass is 9.93. The molecule has 0 radical (unpaired) electrons. The van der Waals surface area contributed by atoms with Crippen LogP contribution in [0.25, 0.3) is 0 Å². The van der Waals surface area contributed by atoms with E-state index in [-0.39, 0.29) is 24.2 Å². The highest BCUT2D eigenvalue weighted by Crippen LogP contribution is 2.15. The van der Waals surface area contributed by atoms with Crippen LogP contribution in [0.15, 0.2) is 0 Å². The van der Waals surface area contributed by atoms with Gasteiger partial charge in [0, 0.05) is 19.5 Å². The molecule has 0 aromatic heterocycles. The third-order valence-corrected chi connectivity index (χ3v) is 3.13. The largest absolute Gasteiger partial charge is 0.481 e. The molecule has 0 aliphatic rings. The molecule has 0 aliphatic heterocycles. The molecule has 0 spiro atoms. The maximum absolute atomic E-state index is 11.9. The number of hydrogen-bond donors (Lipinski definition) is 3. The predicted molar refractivity (Wildman–Crippen MR) is 75.7 cm³/mol. The number of nitrogens with two attached hydrogens (primary N) is 1. The Balaban J connectivity index is 4.28. The molecular weight excluding hydrogens is 244 g/mol. The molecule has 112 valence electrons. The smallest absolute Gasteiger partial charge is 0.303 e. The van der Waals surface area contributed by atoms with E-state index >= 15 is 0 Å². The molecule has 19 heavy (non-hydrogen) atoms. The molecule has 4 N–H and O–H groups in total. The van der Waals surface area contributed by atoms with Crippen LogP contribution in [-0.4, -0.2) is 30.1 Å². The van der Waals surface area contributed by atoms with Crippen LogP contribution in [0.1, 0.15) is 46.5 Å². The lowest BCUT2D eigenvalue weighted by Gasteiger charge is -2.20. The summed E-state index contributed by atoms with van der Waals surface area (Å²) in [5, 5.41) is 11.7. The molecule has 0 heterocycles. The summed E-state index contributed by atoms with van der Waals surface area (Å²) in [6, 6.07) is 0. The van der Waals surface area contributed by atoms with Crippen LogP contribution in [0.3, 0.4) is 0 Å². The van der Waals surface area contributed by atoms with Gasteiger partial charge in [0.25, 0.3) is 0 Å². The summed E-state index contributed by atoms with van der Waals surface area (Å²) >= 11 is 0. The van der Waals surface area contributed by atoms with Gasteiger partial charge in [-0.3, -0.25) is 9.59 Å². The van der Waals surface area contributed by atoms with Crippen molar-refractivity contribution < 1.29 is 14.7 Å². The zero-order valence-corrected chi connectivity index (χ0v) is 12.3. The van der Waals surface area contributed by atoms with Crippen molar-refractivity contribution in [3.05, 3.63) is 0 Å². The van der Waals surface area contributed by atoms with E-state index in [2.05, 4.69) is 19.2 Å². The number of carbonyl (C=O) groups excluding carboxylic acids is 1. The average Bonchev–Trinajstić information content (AvgIpc) is 2.31. The Hall–Kier alpha value is -1.10. The van der Waals surface area contributed by atoms with Gasteiger partial charge in [0.2, 0.25) is 5.91 Å². The highest BCUT2D eigenvalue weighted by Gasteiger charge is 2.19. The zero-order valence-electron chi connectivity index (χ0n) is 12.3. The first-order valence-corrected chi connectivity index (χ1v) is 7.10. The third-order valence-electron chi connectivity index (χ3n) is 3.13. The quantitative estimate of drug-likeness (QED) is 0.563. The molecule has 0 rings (SSSR count). The molecular formula is C14H28N2O3. The first kappa shape index (κ1) is 17.9. The van der Waals surface area contributed by atoms with Crippen molar-refractivity contribution in [3.8, 4) is 0 Å². The van der Waals surface area contributed by atoms with Gasteiger partial charge < -0.3 is 16.2 Å². The van der Waals surface area contributed by atoms with E-state index < -0.39 is 5.97 Å². The Morgan fingerprint density at radius 2 is 1.95 bits per heavy atom. The number of carboxylic acid groups (broad SMARTS) is 1. The van der Waals surface area contributed by atoms with Gasteiger partial charge in [0.15, 0.2) is 0 Å². The first-order valence-electron chi connectivity index (χ1n) is 7.10. The molecule has 0 aromatic rings. The summed E-state index contributed by atoms with van der Waals surface area (Å²) in [7, 11) is 0. The molecule has 1 amide bonds. The Bertz CT molecular complexity index is 280. The van der Waals surface area contributed by atoms with Gasteiger partial charge in [0.05, 0.1) is 5.92 Å². The average molecular weight is 272 g/mol. The van der Waals surface area contributed by atoms with Gasteiger partial charge in [0.1, 0.15) is 0 Å². The van der Waals surface area contributed by atoms with Crippen molar-refractivity contribution in [3.63, 3.8) is 0 Å². The molecule has 0 aromatic carbocycles. The number of carbonyl (C=O) groups is 2. The molecule has 5 heteroatoms. The number of amides is 1. The highest BCUT2D eigenvalue weighted by atomic mass is 16.4. The van der Waals surface area contributed by atoms with E-state index in [1.54, 1.807) is 0 Å². The topological polar surface area (TPSA) is 92.4 Å². The van der Waals surface area contributed by atoms with Gasteiger partial charge in [-0.1, -0.05) is 27.2 Å². The highest BCUT2D eigenvalue weighted by molar-refractivity contribution is 5.78. The lowest BCUT2D eigenvalue weighted by Crippen LogP contribution is -2.38. The Morgan fingerprint density at radius 3 is 2.37 bits per heavy atom. The van der Waals surface area contributed by atoms with Gasteiger partial charge in [-0.25, -0.2) is 0 Å². The standard InChI is InChI=1S/C14H28N2O3/c1-4-5-12(8-15)14(19)16-9-11(6-10(2)3)7-13(17)18/h10-12H,4-9,15H2,1-3H3,(H,16,19)(H,17,18). The number of carboxylic acids is 1. The van der Waals surface area contributed by atoms with Crippen molar-refractivity contribution in [2.24, 2.45) is 23.5 Å². The van der Waals surface area contributed by atoms with Crippen LogP contribution in [0.5, 0.6) is 0 Å². The van der Waals surface area contributed by atoms with Crippen molar-refractivity contribution >= 4 is 11.9 Å². The molecule has 0 bridgehead atoms. The SMILES string of the molecule is CCCC(CN)C(=O)NCC(CC(=O)O)CC(C)C. The van der Waals surface area contributed by atoms with Crippen LogP contribution in [0.4, 0.5) is 0 Å². The number of hydrogen-bond acceptors (Lipinski definition) is 3. The fourth-order valence-electron chi connectivity index (χ4n) is 2.25. The third kappa shape index (κ3) is 8.59. The second kappa shape index (κ2) is 9.78. The minimum Gasteiger partial charge on any atom is -0.481 e. The van der Waals surface area contributed by atoms with Crippen LogP contribution in [0.2, 0.25) is 0 Å². The van der Waals surface area contributed by atoms with E-state index in [0.29, 0.717) is 19.0 Å². The van der Waals surface area contributed by atoms with E-state index in [4.69, 9.17) is 10.8 Å². The normalized spacial score (nSPS) is 14.2. The maximum atomic E-state index is 11.9. The first-order chi connectivity index (χ1) is 8.90. The molecule has 0 saturated carbocycles. The van der Waals surface area contributed by atoms with Gasteiger partial charge >= 0.3 is 5.97 Å². The minimum atomic E-state index is -0.816. The van der Waals surface area contributed by atoms with E-state index in [1.165, 1.54) is 0 Å². The molecule has 5 nitrogen and oxygen atoms in total. The van der Waals surface area contributed by atoms with Crippen molar-refractivity contribution in [2.75, 3.05) is 13.1 Å². The van der Waals surface area contributed by atoms with Crippen LogP contribution in [0, 0.1) is 17.8 Å². The summed E-state index contributed by atoms with van der Waals surface area (Å²) in [5.74, 6) is -0.620. The zero-order chi connectivity index (χ0) is 14.8. The van der Waals surface area contributed by atoms with Gasteiger partial charge in [-0.05, 0) is 24.7 Å². The Kier molecular flexibility index (Phi) is 9.21. The summed E-state index contributed by atoms with van der Waals surface area (Å²) in [4.78, 5) is 22.7. The van der Waals surface area contributed by atoms with Gasteiger partial charge in [-0.2, -0.15) is 0 Å². The molecule has 0 saturated heterocycles. The fourth-order valence-corrected chi connectivity index (χ4v) is 2.25. The van der Waals surface area contributed by atoms with Crippen molar-refractivity contribution in [1.29, 1.82) is 0 Å². The molecule has 2 atom stereocenters. The maximum Gasteiger partial charge on any atom is 0.303 e. The number of aliphatic carboxylic acids is 1. The number of rotatable bonds is 10. The van der Waals surface area contributed by atoms with Crippen molar-refractivity contribution in [2.45, 2.75) is 46.5 Å². The van der Waals surface area contributed by atoms with Crippen molar-refractivity contribution in [1.82, 2.24) is 5.32 Å². The summed E-state index contributed by atoms with van der Waals surface area (Å²) in [6.45, 7) is 6.88. The Morgan fingerprint density at radius 1 is 1.32 bits per heavy atom. The van der Waals surface area contributed by atoms with E-state index in [0.717, 1.165) is 19.3 Å². The minimum absolute atomic E-state index is 0.0125. The van der Waals surface area contributed by atoms with E-state index in [1.807, 2.05) is 6.92 Å². The molecule has 0 fully saturated rings. The molecule has 2 unspecified atom stereocenters. The van der Waals surface area contributed by atoms with Crippen LogP contribution >= 0.6 is 0 Å². The monoisotopic (exact) mass is 272 g/mol.